The minimum Gasteiger partial charge on any atom is -0.504 e. The average Bonchev–Trinajstić information content (AvgIpc) is 2.47. The number of halogens is 2. The number of nitrogens with one attached hydrogen (secondary N) is 1. The second-order valence-electron chi connectivity index (χ2n) is 4.24. The van der Waals surface area contributed by atoms with Gasteiger partial charge in [0.2, 0.25) is 0 Å². The second kappa shape index (κ2) is 6.44. The van der Waals surface area contributed by atoms with Crippen molar-refractivity contribution in [2.75, 3.05) is 0 Å². The van der Waals surface area contributed by atoms with Crippen molar-refractivity contribution in [3.63, 3.8) is 0 Å². The van der Waals surface area contributed by atoms with Gasteiger partial charge in [-0.1, -0.05) is 6.07 Å². The van der Waals surface area contributed by atoms with Gasteiger partial charge in [-0.05, 0) is 45.8 Å². The third-order valence-electron chi connectivity index (χ3n) is 2.66. The summed E-state index contributed by atoms with van der Waals surface area (Å²) in [5.74, 6) is -3.09. The fourth-order valence-corrected chi connectivity index (χ4v) is 1.95. The number of hydrazone groups is 1. The number of amides is 1. The lowest BCUT2D eigenvalue weighted by Gasteiger charge is -2.04. The van der Waals surface area contributed by atoms with Crippen LogP contribution >= 0.6 is 15.9 Å². The van der Waals surface area contributed by atoms with Crippen LogP contribution in [0, 0.1) is 5.82 Å². The molecule has 0 spiro atoms. The van der Waals surface area contributed by atoms with Crippen molar-refractivity contribution >= 4 is 28.1 Å². The highest BCUT2D eigenvalue weighted by atomic mass is 79.9. The summed E-state index contributed by atoms with van der Waals surface area (Å²) < 4.78 is 13.3. The molecule has 6 nitrogen and oxygen atoms in total. The van der Waals surface area contributed by atoms with Gasteiger partial charge < -0.3 is 15.3 Å². The maximum absolute atomic E-state index is 13.0. The number of benzene rings is 2. The van der Waals surface area contributed by atoms with E-state index < -0.39 is 29.0 Å². The fourth-order valence-electron chi connectivity index (χ4n) is 1.56. The van der Waals surface area contributed by atoms with Crippen molar-refractivity contribution < 1.29 is 24.5 Å². The van der Waals surface area contributed by atoms with E-state index in [0.29, 0.717) is 5.56 Å². The van der Waals surface area contributed by atoms with E-state index in [0.717, 1.165) is 12.1 Å². The summed E-state index contributed by atoms with van der Waals surface area (Å²) in [6.45, 7) is 0. The molecule has 0 saturated heterocycles. The maximum Gasteiger partial charge on any atom is 0.271 e. The van der Waals surface area contributed by atoms with E-state index >= 15 is 0 Å². The Balaban J connectivity index is 2.09. The molecule has 0 heterocycles. The van der Waals surface area contributed by atoms with E-state index in [4.69, 9.17) is 0 Å². The van der Waals surface area contributed by atoms with Crippen molar-refractivity contribution in [2.24, 2.45) is 5.10 Å². The zero-order valence-corrected chi connectivity index (χ0v) is 12.5. The number of hydrogen-bond acceptors (Lipinski definition) is 5. The Morgan fingerprint density at radius 1 is 1.18 bits per heavy atom. The van der Waals surface area contributed by atoms with Gasteiger partial charge in [-0.25, -0.2) is 9.82 Å². The Morgan fingerprint density at radius 3 is 2.41 bits per heavy atom. The molecule has 0 aromatic heterocycles. The minimum atomic E-state index is -0.712. The SMILES string of the molecule is O=C(N/N=C/c1ccc(F)c(Br)c1)c1cc(O)c(O)c(O)c1. The van der Waals surface area contributed by atoms with Gasteiger partial charge in [0.25, 0.3) is 5.91 Å². The molecular formula is C14H10BrFN2O4. The highest BCUT2D eigenvalue weighted by molar-refractivity contribution is 9.10. The van der Waals surface area contributed by atoms with Crippen LogP contribution in [0.4, 0.5) is 4.39 Å². The number of carbonyl (C=O) groups is 1. The summed E-state index contributed by atoms with van der Waals surface area (Å²) in [5, 5.41) is 31.5. The highest BCUT2D eigenvalue weighted by Gasteiger charge is 2.12. The van der Waals surface area contributed by atoms with E-state index in [-0.39, 0.29) is 10.0 Å². The molecule has 114 valence electrons. The monoisotopic (exact) mass is 368 g/mol. The molecule has 0 saturated carbocycles. The van der Waals surface area contributed by atoms with Gasteiger partial charge in [0.1, 0.15) is 5.82 Å². The van der Waals surface area contributed by atoms with Crippen LogP contribution in [-0.2, 0) is 0 Å². The number of hydrogen-bond donors (Lipinski definition) is 4. The van der Waals surface area contributed by atoms with Gasteiger partial charge in [0, 0.05) is 5.56 Å². The summed E-state index contributed by atoms with van der Waals surface area (Å²) in [6, 6.07) is 6.14. The molecule has 1 amide bonds. The Hall–Kier alpha value is -2.61. The fraction of sp³-hybridized carbons (Fsp3) is 0. The number of phenolic OH excluding ortho intramolecular Hbond substituents is 3. The maximum atomic E-state index is 13.0. The van der Waals surface area contributed by atoms with Crippen LogP contribution in [0.3, 0.4) is 0 Å². The molecule has 22 heavy (non-hydrogen) atoms. The first kappa shape index (κ1) is 15.8. The van der Waals surface area contributed by atoms with Gasteiger partial charge in [0.05, 0.1) is 10.7 Å². The molecule has 2 rings (SSSR count). The van der Waals surface area contributed by atoms with Crippen molar-refractivity contribution in [1.82, 2.24) is 5.43 Å². The topological polar surface area (TPSA) is 102 Å². The van der Waals surface area contributed by atoms with Crippen LogP contribution in [0.5, 0.6) is 17.2 Å². The van der Waals surface area contributed by atoms with E-state index in [2.05, 4.69) is 26.5 Å². The Morgan fingerprint density at radius 2 is 1.82 bits per heavy atom. The molecule has 0 aliphatic carbocycles. The highest BCUT2D eigenvalue weighted by Crippen LogP contribution is 2.35. The van der Waals surface area contributed by atoms with Crippen molar-refractivity contribution in [2.45, 2.75) is 0 Å². The molecule has 8 heteroatoms. The molecular weight excluding hydrogens is 359 g/mol. The van der Waals surface area contributed by atoms with E-state index in [1.165, 1.54) is 24.4 Å². The first-order chi connectivity index (χ1) is 10.4. The first-order valence-electron chi connectivity index (χ1n) is 5.92. The number of rotatable bonds is 3. The van der Waals surface area contributed by atoms with Gasteiger partial charge in [-0.15, -0.1) is 0 Å². The van der Waals surface area contributed by atoms with Crippen LogP contribution in [0.1, 0.15) is 15.9 Å². The zero-order chi connectivity index (χ0) is 16.3. The van der Waals surface area contributed by atoms with Crippen LogP contribution in [0.15, 0.2) is 39.9 Å². The van der Waals surface area contributed by atoms with Crippen LogP contribution in [0.25, 0.3) is 0 Å². The summed E-state index contributed by atoms with van der Waals surface area (Å²) in [7, 11) is 0. The molecule has 0 radical (unpaired) electrons. The molecule has 0 fully saturated rings. The largest absolute Gasteiger partial charge is 0.504 e. The third-order valence-corrected chi connectivity index (χ3v) is 3.26. The number of nitrogens with zero attached hydrogens (tertiary/aromatic N) is 1. The molecule has 0 aliphatic rings. The average molecular weight is 369 g/mol. The molecule has 2 aromatic rings. The van der Waals surface area contributed by atoms with Gasteiger partial charge in [0.15, 0.2) is 17.2 Å². The number of carbonyl (C=O) groups excluding carboxylic acids is 1. The summed E-state index contributed by atoms with van der Waals surface area (Å²) in [5.41, 5.74) is 2.63. The Bertz CT molecular complexity index is 741. The summed E-state index contributed by atoms with van der Waals surface area (Å²) in [6.07, 6.45) is 1.29. The lowest BCUT2D eigenvalue weighted by Crippen LogP contribution is -2.17. The predicted octanol–water partition coefficient (Wildman–Crippen LogP) is 2.47. The molecule has 4 N–H and O–H groups in total. The van der Waals surface area contributed by atoms with Crippen LogP contribution < -0.4 is 5.43 Å². The lowest BCUT2D eigenvalue weighted by molar-refractivity contribution is 0.0954. The smallest absolute Gasteiger partial charge is 0.271 e. The zero-order valence-electron chi connectivity index (χ0n) is 10.9. The molecule has 0 atom stereocenters. The predicted molar refractivity (Wildman–Crippen MR) is 80.6 cm³/mol. The Kier molecular flexibility index (Phi) is 4.62. The molecule has 0 aliphatic heterocycles. The van der Waals surface area contributed by atoms with Crippen molar-refractivity contribution in [3.8, 4) is 17.2 Å². The minimum absolute atomic E-state index is 0.0924. The number of aromatic hydroxyl groups is 3. The van der Waals surface area contributed by atoms with Crippen molar-refractivity contribution in [3.05, 3.63) is 51.7 Å². The normalized spacial score (nSPS) is 10.8. The Labute approximate surface area is 132 Å². The van der Waals surface area contributed by atoms with Crippen LogP contribution in [0.2, 0.25) is 0 Å². The van der Waals surface area contributed by atoms with Gasteiger partial charge >= 0.3 is 0 Å². The third kappa shape index (κ3) is 3.53. The molecule has 0 bridgehead atoms. The van der Waals surface area contributed by atoms with E-state index in [1.807, 2.05) is 0 Å². The van der Waals surface area contributed by atoms with Gasteiger partial charge in [-0.3, -0.25) is 4.79 Å². The molecule has 0 unspecified atom stereocenters. The summed E-state index contributed by atoms with van der Waals surface area (Å²) in [4.78, 5) is 11.8. The quantitative estimate of drug-likeness (QED) is 0.379. The van der Waals surface area contributed by atoms with Crippen molar-refractivity contribution in [1.29, 1.82) is 0 Å². The standard InChI is InChI=1S/C14H10BrFN2O4/c15-9-3-7(1-2-10(9)16)6-17-18-14(22)8-4-11(19)13(21)12(20)5-8/h1-6,19-21H,(H,18,22)/b17-6+. The summed E-state index contributed by atoms with van der Waals surface area (Å²) >= 11 is 3.02. The first-order valence-corrected chi connectivity index (χ1v) is 6.71. The molecule has 2 aromatic carbocycles. The van der Waals surface area contributed by atoms with Crippen LogP contribution in [-0.4, -0.2) is 27.4 Å². The van der Waals surface area contributed by atoms with Gasteiger partial charge in [-0.2, -0.15) is 5.10 Å². The second-order valence-corrected chi connectivity index (χ2v) is 5.09. The van der Waals surface area contributed by atoms with E-state index in [1.54, 1.807) is 0 Å². The van der Waals surface area contributed by atoms with E-state index in [9.17, 15) is 24.5 Å². The lowest BCUT2D eigenvalue weighted by atomic mass is 10.2. The number of phenols is 3.